The van der Waals surface area contributed by atoms with Gasteiger partial charge in [-0.3, -0.25) is 10.00 Å². The van der Waals surface area contributed by atoms with Gasteiger partial charge in [-0.25, -0.2) is 18.4 Å². The number of likely N-dealkylation sites (N-methyl/N-ethyl adjacent to an activating group) is 1. The summed E-state index contributed by atoms with van der Waals surface area (Å²) < 4.78 is 68.0. The number of rotatable bonds is 10. The highest BCUT2D eigenvalue weighted by molar-refractivity contribution is 7.99. The van der Waals surface area contributed by atoms with Gasteiger partial charge >= 0.3 is 5.51 Å². The third kappa shape index (κ3) is 6.97. The monoisotopic (exact) mass is 600 g/mol. The molecule has 0 radical (unpaired) electrons. The van der Waals surface area contributed by atoms with Crippen LogP contribution in [0.1, 0.15) is 5.69 Å². The maximum atomic E-state index is 12.9. The summed E-state index contributed by atoms with van der Waals surface area (Å²) in [4.78, 5) is 15.6. The number of hydrogen-bond donors (Lipinski definition) is 2. The van der Waals surface area contributed by atoms with Crippen LogP contribution in [0.2, 0.25) is 0 Å². The molecule has 11 nitrogen and oxygen atoms in total. The number of aromatic amines is 1. The molecule has 4 rings (SSSR count). The van der Waals surface area contributed by atoms with Crippen LogP contribution in [0.4, 0.5) is 30.6 Å². The number of anilines is 3. The molecule has 218 valence electrons. The summed E-state index contributed by atoms with van der Waals surface area (Å²) in [6, 6.07) is 6.24. The summed E-state index contributed by atoms with van der Waals surface area (Å²) in [7, 11) is 0.173. The van der Waals surface area contributed by atoms with Gasteiger partial charge in [0.15, 0.2) is 22.6 Å². The first-order valence-electron chi connectivity index (χ1n) is 12.3. The van der Waals surface area contributed by atoms with Gasteiger partial charge in [-0.15, -0.1) is 0 Å². The summed E-state index contributed by atoms with van der Waals surface area (Å²) in [5, 5.41) is 10.5. The molecule has 0 spiro atoms. The highest BCUT2D eigenvalue weighted by Gasteiger charge is 2.46. The first-order valence-corrected chi connectivity index (χ1v) is 14.6. The Kier molecular flexibility index (Phi) is 9.12. The molecule has 2 N–H and O–H groups in total. The zero-order valence-electron chi connectivity index (χ0n) is 22.5. The number of methoxy groups -OCH3 is 1. The lowest BCUT2D eigenvalue weighted by molar-refractivity contribution is -0.0436. The molecule has 3 aromatic rings. The average Bonchev–Trinajstić information content (AvgIpc) is 3.31. The van der Waals surface area contributed by atoms with E-state index in [4.69, 9.17) is 9.72 Å². The second kappa shape index (κ2) is 12.2. The van der Waals surface area contributed by atoms with Gasteiger partial charge < -0.3 is 19.9 Å². The molecule has 1 aliphatic heterocycles. The van der Waals surface area contributed by atoms with Crippen LogP contribution in [-0.4, -0.2) is 104 Å². The van der Waals surface area contributed by atoms with E-state index in [1.165, 1.54) is 19.2 Å². The molecule has 16 heteroatoms. The summed E-state index contributed by atoms with van der Waals surface area (Å²) in [5.74, 6) is 1.89. The first-order chi connectivity index (χ1) is 18.9. The molecular weight excluding hydrogens is 569 g/mol. The Morgan fingerprint density at radius 2 is 1.80 bits per heavy atom. The minimum absolute atomic E-state index is 0.298. The van der Waals surface area contributed by atoms with Crippen molar-refractivity contribution in [3.63, 3.8) is 0 Å². The van der Waals surface area contributed by atoms with Gasteiger partial charge in [0.25, 0.3) is 9.84 Å². The van der Waals surface area contributed by atoms with E-state index >= 15 is 0 Å². The van der Waals surface area contributed by atoms with Gasteiger partial charge in [0, 0.05) is 55.9 Å². The van der Waals surface area contributed by atoms with Crippen LogP contribution in [0, 0.1) is 6.92 Å². The van der Waals surface area contributed by atoms with Crippen molar-refractivity contribution in [2.75, 3.05) is 70.7 Å². The van der Waals surface area contributed by atoms with E-state index in [2.05, 4.69) is 35.2 Å². The molecule has 0 unspecified atom stereocenters. The highest BCUT2D eigenvalue weighted by Crippen LogP contribution is 2.39. The van der Waals surface area contributed by atoms with E-state index in [9.17, 15) is 21.6 Å². The normalized spacial score (nSPS) is 15.1. The Hall–Kier alpha value is -3.08. The molecule has 0 saturated carbocycles. The fraction of sp³-hybridized carbons (Fsp3) is 0.458. The third-order valence-electron chi connectivity index (χ3n) is 6.17. The van der Waals surface area contributed by atoms with Crippen molar-refractivity contribution in [1.82, 2.24) is 30.0 Å². The van der Waals surface area contributed by atoms with Crippen molar-refractivity contribution in [3.8, 4) is 5.75 Å². The minimum atomic E-state index is -5.44. The lowest BCUT2D eigenvalue weighted by Gasteiger charge is -2.36. The summed E-state index contributed by atoms with van der Waals surface area (Å²) in [5.41, 5.74) is -4.54. The fourth-order valence-electron chi connectivity index (χ4n) is 4.01. The van der Waals surface area contributed by atoms with Gasteiger partial charge in [0.05, 0.1) is 12.0 Å². The predicted molar refractivity (Wildman–Crippen MR) is 146 cm³/mol. The lowest BCUT2D eigenvalue weighted by atomic mass is 10.3. The average molecular weight is 601 g/mol. The Morgan fingerprint density at radius 3 is 2.35 bits per heavy atom. The molecule has 0 atom stereocenters. The van der Waals surface area contributed by atoms with Gasteiger partial charge in [0.1, 0.15) is 0 Å². The van der Waals surface area contributed by atoms with Crippen LogP contribution in [0.25, 0.3) is 0 Å². The van der Waals surface area contributed by atoms with E-state index in [-0.39, 0.29) is 0 Å². The van der Waals surface area contributed by atoms with Crippen molar-refractivity contribution in [2.24, 2.45) is 0 Å². The molecule has 1 saturated heterocycles. The molecular formula is C24H31F3N8O3S2. The number of hydrogen-bond acceptors (Lipinski definition) is 11. The van der Waals surface area contributed by atoms with Crippen LogP contribution in [0.3, 0.4) is 0 Å². The SMILES string of the molecule is COc1c(Nc2cc(C)[nH]n2)nc(Sc2ccc(S(=O)(=O)C(F)(F)F)cc2)nc1N1CCN(CCN(C)C)CC1. The summed E-state index contributed by atoms with van der Waals surface area (Å²) in [6.45, 7) is 6.85. The topological polar surface area (TPSA) is 120 Å². The van der Waals surface area contributed by atoms with Gasteiger partial charge in [-0.1, -0.05) is 0 Å². The number of nitrogens with one attached hydrogen (secondary N) is 2. The molecule has 0 aliphatic carbocycles. The second-order valence-corrected chi connectivity index (χ2v) is 12.4. The Balaban J connectivity index is 1.63. The standard InChI is InChI=1S/C24H31F3N8O3S2/c1-16-15-19(32-31-16)28-21-20(38-4)22(35-13-11-34(12-14-35)10-9-33(2)3)30-23(29-21)39-17-5-7-18(8-6-17)40(36,37)24(25,26)27/h5-8,15H,9-14H2,1-4H3,(H2,28,29,30,31,32). The largest absolute Gasteiger partial charge is 0.501 e. The number of nitrogens with zero attached hydrogens (tertiary/aromatic N) is 6. The lowest BCUT2D eigenvalue weighted by Crippen LogP contribution is -2.48. The van der Waals surface area contributed by atoms with E-state index in [1.807, 2.05) is 21.0 Å². The number of ether oxygens (including phenoxy) is 1. The Morgan fingerprint density at radius 1 is 1.12 bits per heavy atom. The Labute approximate surface area is 235 Å². The number of benzene rings is 1. The highest BCUT2D eigenvalue weighted by atomic mass is 32.2. The van der Waals surface area contributed by atoms with Crippen molar-refractivity contribution < 1.29 is 26.3 Å². The molecule has 2 aromatic heterocycles. The predicted octanol–water partition coefficient (Wildman–Crippen LogP) is 3.39. The maximum Gasteiger partial charge on any atom is 0.501 e. The number of halogens is 3. The van der Waals surface area contributed by atoms with E-state index < -0.39 is 20.2 Å². The van der Waals surface area contributed by atoms with Crippen LogP contribution < -0.4 is 15.0 Å². The quantitative estimate of drug-likeness (QED) is 0.333. The number of aromatic nitrogens is 4. The minimum Gasteiger partial charge on any atom is -0.490 e. The first kappa shape index (κ1) is 29.9. The van der Waals surface area contributed by atoms with Crippen LogP contribution in [0.5, 0.6) is 5.75 Å². The van der Waals surface area contributed by atoms with Crippen molar-refractivity contribution >= 4 is 39.1 Å². The summed E-state index contributed by atoms with van der Waals surface area (Å²) >= 11 is 1.09. The molecule has 0 bridgehead atoms. The van der Waals surface area contributed by atoms with E-state index in [0.29, 0.717) is 46.3 Å². The molecule has 1 fully saturated rings. The smallest absolute Gasteiger partial charge is 0.490 e. The molecule has 40 heavy (non-hydrogen) atoms. The van der Waals surface area contributed by atoms with Gasteiger partial charge in [0.2, 0.25) is 5.75 Å². The summed E-state index contributed by atoms with van der Waals surface area (Å²) in [6.07, 6.45) is 0. The molecule has 3 heterocycles. The number of aryl methyl sites for hydroxylation is 1. The number of piperazine rings is 1. The Bertz CT molecular complexity index is 1410. The zero-order chi connectivity index (χ0) is 29.1. The van der Waals surface area contributed by atoms with Crippen molar-refractivity contribution in [1.29, 1.82) is 0 Å². The fourth-order valence-corrected chi connectivity index (χ4v) is 5.52. The number of sulfone groups is 1. The van der Waals surface area contributed by atoms with E-state index in [0.717, 1.165) is 55.8 Å². The van der Waals surface area contributed by atoms with Crippen LogP contribution in [0.15, 0.2) is 45.3 Å². The van der Waals surface area contributed by atoms with Crippen molar-refractivity contribution in [3.05, 3.63) is 36.0 Å². The molecule has 1 aromatic carbocycles. The zero-order valence-corrected chi connectivity index (χ0v) is 24.1. The molecule has 1 aliphatic rings. The second-order valence-electron chi connectivity index (χ2n) is 9.43. The van der Waals surface area contributed by atoms with Gasteiger partial charge in [-0.05, 0) is 57.0 Å². The van der Waals surface area contributed by atoms with Crippen LogP contribution in [-0.2, 0) is 9.84 Å². The van der Waals surface area contributed by atoms with Crippen molar-refractivity contribution in [2.45, 2.75) is 27.4 Å². The number of H-pyrrole nitrogens is 1. The third-order valence-corrected chi connectivity index (χ3v) is 8.54. The van der Waals surface area contributed by atoms with Crippen LogP contribution >= 0.6 is 11.8 Å². The number of alkyl halides is 3. The molecule has 0 amide bonds. The van der Waals surface area contributed by atoms with E-state index in [1.54, 1.807) is 6.07 Å². The van der Waals surface area contributed by atoms with Gasteiger partial charge in [-0.2, -0.15) is 18.3 Å². The maximum absolute atomic E-state index is 12.9.